The number of carbonyl (C=O) groups is 2. The third kappa shape index (κ3) is 3.84. The molecule has 5 nitrogen and oxygen atoms in total. The second kappa shape index (κ2) is 6.74. The number of rotatable bonds is 6. The second-order valence-electron chi connectivity index (χ2n) is 3.93. The molecule has 0 radical (unpaired) electrons. The van der Waals surface area contributed by atoms with E-state index in [1.165, 1.54) is 6.92 Å². The summed E-state index contributed by atoms with van der Waals surface area (Å²) in [5.41, 5.74) is 2.11. The first-order valence-corrected chi connectivity index (χ1v) is 5.97. The number of hydrogen-bond donors (Lipinski definition) is 1. The molecular formula is C13H18N2O3. The number of esters is 1. The molecule has 98 valence electrons. The molecule has 18 heavy (non-hydrogen) atoms. The average molecular weight is 250 g/mol. The van der Waals surface area contributed by atoms with Crippen molar-refractivity contribution < 1.29 is 14.3 Å². The predicted molar refractivity (Wildman–Crippen MR) is 67.9 cm³/mol. The number of aromatic nitrogens is 2. The minimum Gasteiger partial charge on any atom is -0.463 e. The van der Waals surface area contributed by atoms with Crippen LogP contribution in [-0.4, -0.2) is 28.6 Å². The molecule has 1 aromatic heterocycles. The van der Waals surface area contributed by atoms with E-state index in [9.17, 15) is 9.59 Å². The number of ether oxygens (including phenoxy) is 1. The van der Waals surface area contributed by atoms with Crippen LogP contribution in [0.3, 0.4) is 0 Å². The summed E-state index contributed by atoms with van der Waals surface area (Å²) in [5.74, 6) is -0.521. The standard InChI is InChI=1S/C13H18N2O3/c1-4-12-11(8-14-15-12)7-10(6-9(3)16)13(17)18-5-2/h7-8H,4-6H2,1-3H3,(H,14,15)/b10-7+. The molecule has 0 amide bonds. The van der Waals surface area contributed by atoms with E-state index >= 15 is 0 Å². The third-order valence-electron chi connectivity index (χ3n) is 2.41. The van der Waals surface area contributed by atoms with Gasteiger partial charge in [0.05, 0.1) is 12.8 Å². The second-order valence-corrected chi connectivity index (χ2v) is 3.93. The number of nitrogens with one attached hydrogen (secondary N) is 1. The van der Waals surface area contributed by atoms with Crippen LogP contribution in [0.25, 0.3) is 6.08 Å². The molecule has 0 spiro atoms. The molecule has 0 aliphatic rings. The van der Waals surface area contributed by atoms with Crippen molar-refractivity contribution in [2.75, 3.05) is 6.61 Å². The lowest BCUT2D eigenvalue weighted by Crippen LogP contribution is -2.10. The van der Waals surface area contributed by atoms with Gasteiger partial charge < -0.3 is 4.74 Å². The normalized spacial score (nSPS) is 11.4. The van der Waals surface area contributed by atoms with E-state index in [1.807, 2.05) is 6.92 Å². The smallest absolute Gasteiger partial charge is 0.334 e. The summed E-state index contributed by atoms with van der Waals surface area (Å²) in [6.45, 7) is 5.46. The molecule has 1 rings (SSSR count). The van der Waals surface area contributed by atoms with E-state index in [0.717, 1.165) is 17.7 Å². The van der Waals surface area contributed by atoms with Crippen LogP contribution in [0.2, 0.25) is 0 Å². The van der Waals surface area contributed by atoms with Crippen LogP contribution in [0.4, 0.5) is 0 Å². The Balaban J connectivity index is 3.01. The zero-order valence-corrected chi connectivity index (χ0v) is 10.9. The van der Waals surface area contributed by atoms with E-state index in [1.54, 1.807) is 19.2 Å². The van der Waals surface area contributed by atoms with Gasteiger partial charge in [0.1, 0.15) is 5.78 Å². The van der Waals surface area contributed by atoms with Crippen molar-refractivity contribution >= 4 is 17.8 Å². The summed E-state index contributed by atoms with van der Waals surface area (Å²) in [4.78, 5) is 22.9. The maximum Gasteiger partial charge on any atom is 0.334 e. The maximum absolute atomic E-state index is 11.7. The fraction of sp³-hybridized carbons (Fsp3) is 0.462. The minimum atomic E-state index is -0.448. The first-order chi connectivity index (χ1) is 8.58. The van der Waals surface area contributed by atoms with Crippen LogP contribution in [0.5, 0.6) is 0 Å². The molecule has 0 aliphatic heterocycles. The summed E-state index contributed by atoms with van der Waals surface area (Å²) >= 11 is 0. The zero-order chi connectivity index (χ0) is 13.5. The summed E-state index contributed by atoms with van der Waals surface area (Å²) in [5, 5.41) is 6.78. The van der Waals surface area contributed by atoms with Crippen LogP contribution in [0.15, 0.2) is 11.8 Å². The van der Waals surface area contributed by atoms with Gasteiger partial charge >= 0.3 is 5.97 Å². The van der Waals surface area contributed by atoms with Gasteiger partial charge in [-0.15, -0.1) is 0 Å². The van der Waals surface area contributed by atoms with Crippen LogP contribution < -0.4 is 0 Å². The Hall–Kier alpha value is -1.91. The molecule has 0 saturated carbocycles. The fourth-order valence-corrected chi connectivity index (χ4v) is 1.59. The monoisotopic (exact) mass is 250 g/mol. The van der Waals surface area contributed by atoms with Crippen molar-refractivity contribution in [2.24, 2.45) is 0 Å². The summed E-state index contributed by atoms with van der Waals surface area (Å²) in [6.07, 6.45) is 4.16. The number of aromatic amines is 1. The topological polar surface area (TPSA) is 72.0 Å². The molecule has 0 bridgehead atoms. The number of H-pyrrole nitrogens is 1. The Kier molecular flexibility index (Phi) is 5.30. The molecule has 0 aliphatic carbocycles. The molecule has 0 fully saturated rings. The highest BCUT2D eigenvalue weighted by atomic mass is 16.5. The lowest BCUT2D eigenvalue weighted by atomic mass is 10.1. The lowest BCUT2D eigenvalue weighted by Gasteiger charge is -2.05. The average Bonchev–Trinajstić information content (AvgIpc) is 2.75. The van der Waals surface area contributed by atoms with Crippen molar-refractivity contribution in [2.45, 2.75) is 33.6 Å². The lowest BCUT2D eigenvalue weighted by molar-refractivity contribution is -0.139. The Morgan fingerprint density at radius 2 is 2.17 bits per heavy atom. The highest BCUT2D eigenvalue weighted by Crippen LogP contribution is 2.15. The van der Waals surface area contributed by atoms with Gasteiger partial charge in [-0.1, -0.05) is 6.92 Å². The van der Waals surface area contributed by atoms with E-state index in [-0.39, 0.29) is 12.2 Å². The van der Waals surface area contributed by atoms with Crippen LogP contribution in [0, 0.1) is 0 Å². The largest absolute Gasteiger partial charge is 0.463 e. The SMILES string of the molecule is CCOC(=O)/C(=C/c1cn[nH]c1CC)CC(C)=O. The van der Waals surface area contributed by atoms with Crippen LogP contribution in [-0.2, 0) is 20.7 Å². The number of hydrogen-bond acceptors (Lipinski definition) is 4. The Bertz CT molecular complexity index is 461. The fourth-order valence-electron chi connectivity index (χ4n) is 1.59. The van der Waals surface area contributed by atoms with Gasteiger partial charge in [-0.3, -0.25) is 9.89 Å². The highest BCUT2D eigenvalue weighted by Gasteiger charge is 2.14. The Morgan fingerprint density at radius 1 is 1.44 bits per heavy atom. The van der Waals surface area contributed by atoms with Gasteiger partial charge in [0.15, 0.2) is 0 Å². The molecule has 1 N–H and O–H groups in total. The maximum atomic E-state index is 11.7. The first kappa shape index (κ1) is 14.2. The van der Waals surface area contributed by atoms with Crippen molar-refractivity contribution in [1.29, 1.82) is 0 Å². The van der Waals surface area contributed by atoms with Crippen molar-refractivity contribution in [3.05, 3.63) is 23.0 Å². The van der Waals surface area contributed by atoms with E-state index in [2.05, 4.69) is 10.2 Å². The number of aryl methyl sites for hydroxylation is 1. The Morgan fingerprint density at radius 3 is 2.72 bits per heavy atom. The van der Waals surface area contributed by atoms with Gasteiger partial charge in [-0.2, -0.15) is 5.10 Å². The number of Topliss-reactive ketones (excluding diaryl/α,β-unsaturated/α-hetero) is 1. The summed E-state index contributed by atoms with van der Waals surface area (Å²) in [6, 6.07) is 0. The van der Waals surface area contributed by atoms with Crippen molar-refractivity contribution in [3.8, 4) is 0 Å². The quantitative estimate of drug-likeness (QED) is 0.618. The van der Waals surface area contributed by atoms with E-state index < -0.39 is 5.97 Å². The molecule has 1 aromatic rings. The van der Waals surface area contributed by atoms with Gasteiger partial charge in [0.25, 0.3) is 0 Å². The first-order valence-electron chi connectivity index (χ1n) is 5.97. The molecule has 0 atom stereocenters. The number of nitrogens with zero attached hydrogens (tertiary/aromatic N) is 1. The molecule has 1 heterocycles. The van der Waals surface area contributed by atoms with E-state index in [0.29, 0.717) is 12.2 Å². The minimum absolute atomic E-state index is 0.0733. The van der Waals surface area contributed by atoms with Gasteiger partial charge in [-0.05, 0) is 26.3 Å². The molecule has 5 heteroatoms. The van der Waals surface area contributed by atoms with Gasteiger partial charge in [0.2, 0.25) is 0 Å². The molecular weight excluding hydrogens is 232 g/mol. The van der Waals surface area contributed by atoms with Gasteiger partial charge in [0, 0.05) is 23.3 Å². The van der Waals surface area contributed by atoms with Crippen molar-refractivity contribution in [3.63, 3.8) is 0 Å². The number of ketones is 1. The van der Waals surface area contributed by atoms with Gasteiger partial charge in [-0.25, -0.2) is 4.79 Å². The summed E-state index contributed by atoms with van der Waals surface area (Å²) < 4.78 is 4.94. The van der Waals surface area contributed by atoms with Crippen molar-refractivity contribution in [1.82, 2.24) is 10.2 Å². The zero-order valence-electron chi connectivity index (χ0n) is 10.9. The predicted octanol–water partition coefficient (Wildman–Crippen LogP) is 1.90. The number of carbonyl (C=O) groups excluding carboxylic acids is 2. The highest BCUT2D eigenvalue weighted by molar-refractivity contribution is 5.99. The molecule has 0 unspecified atom stereocenters. The van der Waals surface area contributed by atoms with Crippen LogP contribution >= 0.6 is 0 Å². The Labute approximate surface area is 106 Å². The van der Waals surface area contributed by atoms with E-state index in [4.69, 9.17) is 4.74 Å². The van der Waals surface area contributed by atoms with Crippen LogP contribution in [0.1, 0.15) is 38.4 Å². The molecule has 0 aromatic carbocycles. The summed E-state index contributed by atoms with van der Waals surface area (Å²) in [7, 11) is 0. The third-order valence-corrected chi connectivity index (χ3v) is 2.41. The molecule has 0 saturated heterocycles.